The molecule has 0 aliphatic rings. The van der Waals surface area contributed by atoms with Crippen LogP contribution in [0.4, 0.5) is 5.82 Å². The van der Waals surface area contributed by atoms with E-state index in [1.54, 1.807) is 18.6 Å². The Morgan fingerprint density at radius 3 is 2.54 bits per heavy atom. The lowest BCUT2D eigenvalue weighted by molar-refractivity contribution is 0.585. The standard InChI is InChI=1S/C9H14N4/c1-9(2,3)8(10)13-7-6-11-4-5-12-7/h4-6H,1-3H3,(H2,10,12,13). The number of hydrogen-bond acceptors (Lipinski definition) is 3. The van der Waals surface area contributed by atoms with E-state index in [9.17, 15) is 0 Å². The van der Waals surface area contributed by atoms with Crippen LogP contribution in [0, 0.1) is 10.8 Å². The molecule has 1 heterocycles. The molecule has 0 atom stereocenters. The second-order valence-corrected chi connectivity index (χ2v) is 3.84. The predicted molar refractivity (Wildman–Crippen MR) is 52.8 cm³/mol. The van der Waals surface area contributed by atoms with Gasteiger partial charge in [0.25, 0.3) is 0 Å². The van der Waals surface area contributed by atoms with Crippen LogP contribution in [0.1, 0.15) is 20.8 Å². The Morgan fingerprint density at radius 1 is 1.38 bits per heavy atom. The molecule has 0 bridgehead atoms. The Morgan fingerprint density at radius 2 is 2.08 bits per heavy atom. The molecule has 4 nitrogen and oxygen atoms in total. The van der Waals surface area contributed by atoms with E-state index in [1.807, 2.05) is 20.8 Å². The van der Waals surface area contributed by atoms with E-state index < -0.39 is 0 Å². The molecule has 1 aromatic rings. The van der Waals surface area contributed by atoms with Crippen molar-refractivity contribution in [1.29, 1.82) is 5.41 Å². The highest BCUT2D eigenvalue weighted by atomic mass is 15.0. The molecule has 1 rings (SSSR count). The van der Waals surface area contributed by atoms with Crippen molar-refractivity contribution in [1.82, 2.24) is 9.97 Å². The van der Waals surface area contributed by atoms with Crippen LogP contribution >= 0.6 is 0 Å². The number of hydrogen-bond donors (Lipinski definition) is 2. The largest absolute Gasteiger partial charge is 0.327 e. The number of amidine groups is 1. The Hall–Kier alpha value is -1.45. The number of rotatable bonds is 1. The average Bonchev–Trinajstić information content (AvgIpc) is 2.04. The first-order chi connectivity index (χ1) is 6.00. The van der Waals surface area contributed by atoms with Crippen LogP contribution in [-0.4, -0.2) is 15.8 Å². The van der Waals surface area contributed by atoms with Crippen LogP contribution in [0.3, 0.4) is 0 Å². The number of aromatic nitrogens is 2. The van der Waals surface area contributed by atoms with Gasteiger partial charge in [-0.3, -0.25) is 10.4 Å². The van der Waals surface area contributed by atoms with Crippen molar-refractivity contribution >= 4 is 11.7 Å². The molecule has 0 aliphatic heterocycles. The fourth-order valence-corrected chi connectivity index (χ4v) is 0.679. The van der Waals surface area contributed by atoms with Gasteiger partial charge < -0.3 is 5.32 Å². The van der Waals surface area contributed by atoms with Gasteiger partial charge in [-0.25, -0.2) is 4.98 Å². The summed E-state index contributed by atoms with van der Waals surface area (Å²) >= 11 is 0. The van der Waals surface area contributed by atoms with Gasteiger partial charge in [-0.2, -0.15) is 0 Å². The number of anilines is 1. The maximum Gasteiger partial charge on any atom is 0.149 e. The molecule has 0 radical (unpaired) electrons. The highest BCUT2D eigenvalue weighted by Crippen LogP contribution is 2.15. The summed E-state index contributed by atoms with van der Waals surface area (Å²) in [4.78, 5) is 7.92. The molecule has 0 saturated heterocycles. The first-order valence-corrected chi connectivity index (χ1v) is 4.12. The van der Waals surface area contributed by atoms with Gasteiger partial charge in [-0.05, 0) is 0 Å². The molecule has 0 fully saturated rings. The van der Waals surface area contributed by atoms with Crippen molar-refractivity contribution in [2.45, 2.75) is 20.8 Å². The fourth-order valence-electron chi connectivity index (χ4n) is 0.679. The second kappa shape index (κ2) is 3.51. The molecule has 0 aromatic carbocycles. The summed E-state index contributed by atoms with van der Waals surface area (Å²) in [5, 5.41) is 10.6. The molecule has 13 heavy (non-hydrogen) atoms. The molecule has 1 aromatic heterocycles. The van der Waals surface area contributed by atoms with E-state index in [-0.39, 0.29) is 5.41 Å². The first-order valence-electron chi connectivity index (χ1n) is 4.12. The van der Waals surface area contributed by atoms with Crippen LogP contribution in [0.2, 0.25) is 0 Å². The van der Waals surface area contributed by atoms with Crippen LogP contribution in [-0.2, 0) is 0 Å². The van der Waals surface area contributed by atoms with Crippen LogP contribution in [0.5, 0.6) is 0 Å². The summed E-state index contributed by atoms with van der Waals surface area (Å²) < 4.78 is 0. The van der Waals surface area contributed by atoms with Crippen LogP contribution in [0.25, 0.3) is 0 Å². The molecule has 0 aliphatic carbocycles. The lowest BCUT2D eigenvalue weighted by Crippen LogP contribution is -2.27. The monoisotopic (exact) mass is 178 g/mol. The van der Waals surface area contributed by atoms with Gasteiger partial charge in [0.1, 0.15) is 11.7 Å². The second-order valence-electron chi connectivity index (χ2n) is 3.84. The molecule has 0 saturated carbocycles. The Bertz CT molecular complexity index is 286. The fraction of sp³-hybridized carbons (Fsp3) is 0.444. The smallest absolute Gasteiger partial charge is 0.149 e. The van der Waals surface area contributed by atoms with Crippen LogP contribution < -0.4 is 5.32 Å². The van der Waals surface area contributed by atoms with Crippen molar-refractivity contribution in [2.75, 3.05) is 5.32 Å². The minimum Gasteiger partial charge on any atom is -0.327 e. The van der Waals surface area contributed by atoms with Crippen molar-refractivity contribution in [3.8, 4) is 0 Å². The third-order valence-corrected chi connectivity index (χ3v) is 1.57. The molecule has 4 heteroatoms. The van der Waals surface area contributed by atoms with Crippen molar-refractivity contribution in [2.24, 2.45) is 5.41 Å². The molecular formula is C9H14N4. The number of nitrogens with one attached hydrogen (secondary N) is 2. The van der Waals surface area contributed by atoms with Gasteiger partial charge in [-0.1, -0.05) is 20.8 Å². The van der Waals surface area contributed by atoms with E-state index in [0.29, 0.717) is 11.7 Å². The summed E-state index contributed by atoms with van der Waals surface area (Å²) in [7, 11) is 0. The van der Waals surface area contributed by atoms with Gasteiger partial charge in [0.2, 0.25) is 0 Å². The van der Waals surface area contributed by atoms with Gasteiger partial charge in [0.05, 0.1) is 6.20 Å². The maximum atomic E-state index is 7.70. The zero-order chi connectivity index (χ0) is 9.90. The predicted octanol–water partition coefficient (Wildman–Crippen LogP) is 1.91. The molecule has 0 amide bonds. The molecule has 0 unspecified atom stereocenters. The van der Waals surface area contributed by atoms with Crippen molar-refractivity contribution in [3.05, 3.63) is 18.6 Å². The third kappa shape index (κ3) is 2.82. The number of nitrogens with zero attached hydrogens (tertiary/aromatic N) is 2. The van der Waals surface area contributed by atoms with Gasteiger partial charge in [0, 0.05) is 17.8 Å². The summed E-state index contributed by atoms with van der Waals surface area (Å²) in [5.41, 5.74) is -0.183. The summed E-state index contributed by atoms with van der Waals surface area (Å²) in [5.74, 6) is 1.05. The Kier molecular flexibility index (Phi) is 2.60. The van der Waals surface area contributed by atoms with E-state index >= 15 is 0 Å². The summed E-state index contributed by atoms with van der Waals surface area (Å²) in [6.07, 6.45) is 4.80. The normalized spacial score (nSPS) is 11.0. The van der Waals surface area contributed by atoms with Crippen molar-refractivity contribution < 1.29 is 0 Å². The highest BCUT2D eigenvalue weighted by molar-refractivity contribution is 5.95. The molecule has 0 spiro atoms. The van der Waals surface area contributed by atoms with Gasteiger partial charge >= 0.3 is 0 Å². The van der Waals surface area contributed by atoms with Gasteiger partial charge in [-0.15, -0.1) is 0 Å². The topological polar surface area (TPSA) is 61.7 Å². The molecule has 2 N–H and O–H groups in total. The van der Waals surface area contributed by atoms with Gasteiger partial charge in [0.15, 0.2) is 0 Å². The average molecular weight is 178 g/mol. The van der Waals surface area contributed by atoms with E-state index in [4.69, 9.17) is 5.41 Å². The van der Waals surface area contributed by atoms with E-state index in [0.717, 1.165) is 0 Å². The minimum absolute atomic E-state index is 0.183. The third-order valence-electron chi connectivity index (χ3n) is 1.57. The molecule has 70 valence electrons. The first kappa shape index (κ1) is 9.64. The summed E-state index contributed by atoms with van der Waals surface area (Å²) in [6, 6.07) is 0. The maximum absolute atomic E-state index is 7.70. The van der Waals surface area contributed by atoms with E-state index in [2.05, 4.69) is 15.3 Å². The highest BCUT2D eigenvalue weighted by Gasteiger charge is 2.17. The molecular weight excluding hydrogens is 164 g/mol. The quantitative estimate of drug-likeness (QED) is 0.510. The Balaban J connectivity index is 2.66. The van der Waals surface area contributed by atoms with Crippen LogP contribution in [0.15, 0.2) is 18.6 Å². The lowest BCUT2D eigenvalue weighted by atomic mass is 9.95. The lowest BCUT2D eigenvalue weighted by Gasteiger charge is -2.20. The SMILES string of the molecule is CC(C)(C)C(=N)Nc1cnccn1. The zero-order valence-electron chi connectivity index (χ0n) is 8.13. The summed E-state index contributed by atoms with van der Waals surface area (Å²) in [6.45, 7) is 5.91. The van der Waals surface area contributed by atoms with Crippen molar-refractivity contribution in [3.63, 3.8) is 0 Å². The zero-order valence-corrected chi connectivity index (χ0v) is 8.13. The minimum atomic E-state index is -0.183. The Labute approximate surface area is 77.9 Å². The van der Waals surface area contributed by atoms with E-state index in [1.165, 1.54) is 0 Å².